The molecule has 0 spiro atoms. The average Bonchev–Trinajstić information content (AvgIpc) is 2.88. The zero-order valence-corrected chi connectivity index (χ0v) is 12.0. The van der Waals surface area contributed by atoms with Crippen LogP contribution in [0.25, 0.3) is 0 Å². The monoisotopic (exact) mass is 255 g/mol. The van der Waals surface area contributed by atoms with Gasteiger partial charge in [0.05, 0.1) is 6.61 Å². The summed E-state index contributed by atoms with van der Waals surface area (Å²) in [6.45, 7) is 4.85. The predicted octanol–water partition coefficient (Wildman–Crippen LogP) is 2.74. The Bertz CT molecular complexity index is 231. The molecule has 106 valence electrons. The standard InChI is InChI=1S/C15H29NO2/c1-3-4-13-5-7-14(8-6-13)16-11-15(17-2)9-10-18-12-15/h13-14,16H,3-12H2,1-2H3. The van der Waals surface area contributed by atoms with E-state index in [1.54, 1.807) is 0 Å². The van der Waals surface area contributed by atoms with E-state index in [1.807, 2.05) is 7.11 Å². The van der Waals surface area contributed by atoms with Gasteiger partial charge in [-0.25, -0.2) is 0 Å². The van der Waals surface area contributed by atoms with Gasteiger partial charge in [-0.1, -0.05) is 19.8 Å². The highest BCUT2D eigenvalue weighted by atomic mass is 16.5. The minimum atomic E-state index is -0.0553. The van der Waals surface area contributed by atoms with Crippen molar-refractivity contribution in [2.24, 2.45) is 5.92 Å². The Balaban J connectivity index is 1.68. The fraction of sp³-hybridized carbons (Fsp3) is 1.00. The van der Waals surface area contributed by atoms with Crippen molar-refractivity contribution in [2.75, 3.05) is 26.9 Å². The van der Waals surface area contributed by atoms with E-state index in [0.29, 0.717) is 6.04 Å². The van der Waals surface area contributed by atoms with Crippen molar-refractivity contribution in [3.8, 4) is 0 Å². The second-order valence-electron chi connectivity index (χ2n) is 6.08. The van der Waals surface area contributed by atoms with Crippen LogP contribution in [0.5, 0.6) is 0 Å². The maximum Gasteiger partial charge on any atom is 0.106 e. The number of hydrogen-bond donors (Lipinski definition) is 1. The van der Waals surface area contributed by atoms with Crippen LogP contribution in [0, 0.1) is 5.92 Å². The Morgan fingerprint density at radius 3 is 2.61 bits per heavy atom. The molecule has 0 aromatic heterocycles. The van der Waals surface area contributed by atoms with E-state index < -0.39 is 0 Å². The molecule has 1 unspecified atom stereocenters. The highest BCUT2D eigenvalue weighted by Gasteiger charge is 2.35. The van der Waals surface area contributed by atoms with E-state index >= 15 is 0 Å². The Kier molecular flexibility index (Phi) is 5.46. The lowest BCUT2D eigenvalue weighted by atomic mass is 9.83. The summed E-state index contributed by atoms with van der Waals surface area (Å²) in [5.41, 5.74) is -0.0553. The van der Waals surface area contributed by atoms with Crippen LogP contribution in [0.3, 0.4) is 0 Å². The summed E-state index contributed by atoms with van der Waals surface area (Å²) in [5, 5.41) is 3.71. The molecular formula is C15H29NO2. The Hall–Kier alpha value is -0.120. The third-order valence-corrected chi connectivity index (χ3v) is 4.76. The summed E-state index contributed by atoms with van der Waals surface area (Å²) in [7, 11) is 1.81. The smallest absolute Gasteiger partial charge is 0.106 e. The molecule has 3 heteroatoms. The van der Waals surface area contributed by atoms with E-state index in [2.05, 4.69) is 12.2 Å². The SMILES string of the molecule is CCCC1CCC(NCC2(OC)CCOC2)CC1. The van der Waals surface area contributed by atoms with E-state index in [1.165, 1.54) is 38.5 Å². The second-order valence-corrected chi connectivity index (χ2v) is 6.08. The topological polar surface area (TPSA) is 30.5 Å². The van der Waals surface area contributed by atoms with Crippen molar-refractivity contribution in [2.45, 2.75) is 63.5 Å². The lowest BCUT2D eigenvalue weighted by Crippen LogP contribution is -2.47. The highest BCUT2D eigenvalue weighted by molar-refractivity contribution is 4.89. The van der Waals surface area contributed by atoms with Gasteiger partial charge in [-0.05, 0) is 31.6 Å². The molecule has 1 aliphatic heterocycles. The molecule has 18 heavy (non-hydrogen) atoms. The first-order chi connectivity index (χ1) is 8.78. The third kappa shape index (κ3) is 3.69. The van der Waals surface area contributed by atoms with Gasteiger partial charge in [0.15, 0.2) is 0 Å². The van der Waals surface area contributed by atoms with Crippen molar-refractivity contribution >= 4 is 0 Å². The fourth-order valence-corrected chi connectivity index (χ4v) is 3.35. The molecular weight excluding hydrogens is 226 g/mol. The van der Waals surface area contributed by atoms with Gasteiger partial charge in [-0.2, -0.15) is 0 Å². The molecule has 0 bridgehead atoms. The molecule has 1 atom stereocenters. The van der Waals surface area contributed by atoms with Gasteiger partial charge in [0.2, 0.25) is 0 Å². The summed E-state index contributed by atoms with van der Waals surface area (Å²) in [6, 6.07) is 0.700. The van der Waals surface area contributed by atoms with Crippen LogP contribution in [0.4, 0.5) is 0 Å². The first-order valence-corrected chi connectivity index (χ1v) is 7.64. The van der Waals surface area contributed by atoms with E-state index in [9.17, 15) is 0 Å². The quantitative estimate of drug-likeness (QED) is 0.791. The average molecular weight is 255 g/mol. The first-order valence-electron chi connectivity index (χ1n) is 7.64. The fourth-order valence-electron chi connectivity index (χ4n) is 3.35. The molecule has 0 aromatic carbocycles. The molecule has 1 saturated heterocycles. The van der Waals surface area contributed by atoms with Crippen molar-refractivity contribution in [1.82, 2.24) is 5.32 Å². The minimum Gasteiger partial charge on any atom is -0.378 e. The Morgan fingerprint density at radius 2 is 2.06 bits per heavy atom. The zero-order valence-electron chi connectivity index (χ0n) is 12.0. The Labute approximate surface area is 112 Å². The zero-order chi connectivity index (χ0) is 12.8. The van der Waals surface area contributed by atoms with Crippen molar-refractivity contribution in [1.29, 1.82) is 0 Å². The van der Waals surface area contributed by atoms with Gasteiger partial charge in [0, 0.05) is 32.7 Å². The molecule has 1 saturated carbocycles. The van der Waals surface area contributed by atoms with Crippen molar-refractivity contribution < 1.29 is 9.47 Å². The number of ether oxygens (including phenoxy) is 2. The minimum absolute atomic E-state index is 0.0553. The molecule has 2 fully saturated rings. The molecule has 3 nitrogen and oxygen atoms in total. The first kappa shape index (κ1) is 14.3. The lowest BCUT2D eigenvalue weighted by molar-refractivity contribution is -0.0184. The molecule has 0 aromatic rings. The van der Waals surface area contributed by atoms with Gasteiger partial charge in [0.25, 0.3) is 0 Å². The normalized spacial score (nSPS) is 37.0. The van der Waals surface area contributed by atoms with Crippen LogP contribution in [-0.2, 0) is 9.47 Å². The summed E-state index contributed by atoms with van der Waals surface area (Å²) in [4.78, 5) is 0. The maximum absolute atomic E-state index is 5.66. The second kappa shape index (κ2) is 6.88. The maximum atomic E-state index is 5.66. The molecule has 2 aliphatic rings. The van der Waals surface area contributed by atoms with Crippen LogP contribution in [0.2, 0.25) is 0 Å². The van der Waals surface area contributed by atoms with E-state index in [0.717, 1.165) is 32.1 Å². The van der Waals surface area contributed by atoms with Crippen molar-refractivity contribution in [3.05, 3.63) is 0 Å². The number of hydrogen-bond acceptors (Lipinski definition) is 3. The van der Waals surface area contributed by atoms with E-state index in [4.69, 9.17) is 9.47 Å². The van der Waals surface area contributed by atoms with E-state index in [-0.39, 0.29) is 5.60 Å². The molecule has 2 rings (SSSR count). The number of nitrogens with one attached hydrogen (secondary N) is 1. The number of methoxy groups -OCH3 is 1. The lowest BCUT2D eigenvalue weighted by Gasteiger charge is -2.33. The highest BCUT2D eigenvalue weighted by Crippen LogP contribution is 2.28. The van der Waals surface area contributed by atoms with Crippen molar-refractivity contribution in [3.63, 3.8) is 0 Å². The van der Waals surface area contributed by atoms with Crippen LogP contribution < -0.4 is 5.32 Å². The van der Waals surface area contributed by atoms with Crippen LogP contribution >= 0.6 is 0 Å². The largest absolute Gasteiger partial charge is 0.378 e. The Morgan fingerprint density at radius 1 is 1.28 bits per heavy atom. The van der Waals surface area contributed by atoms with Gasteiger partial charge in [-0.15, -0.1) is 0 Å². The molecule has 1 heterocycles. The summed E-state index contributed by atoms with van der Waals surface area (Å²) >= 11 is 0. The molecule has 0 radical (unpaired) electrons. The van der Waals surface area contributed by atoms with Crippen LogP contribution in [0.1, 0.15) is 51.9 Å². The summed E-state index contributed by atoms with van der Waals surface area (Å²) < 4.78 is 11.1. The van der Waals surface area contributed by atoms with Gasteiger partial charge in [-0.3, -0.25) is 0 Å². The summed E-state index contributed by atoms with van der Waals surface area (Å²) in [5.74, 6) is 0.985. The summed E-state index contributed by atoms with van der Waals surface area (Å²) in [6.07, 6.45) is 9.28. The van der Waals surface area contributed by atoms with Crippen LogP contribution in [0.15, 0.2) is 0 Å². The third-order valence-electron chi connectivity index (χ3n) is 4.76. The van der Waals surface area contributed by atoms with Gasteiger partial charge in [0.1, 0.15) is 5.60 Å². The van der Waals surface area contributed by atoms with Gasteiger partial charge >= 0.3 is 0 Å². The number of rotatable bonds is 6. The van der Waals surface area contributed by atoms with Crippen LogP contribution in [-0.4, -0.2) is 38.5 Å². The van der Waals surface area contributed by atoms with Gasteiger partial charge < -0.3 is 14.8 Å². The molecule has 0 amide bonds. The molecule has 1 N–H and O–H groups in total. The molecule has 1 aliphatic carbocycles. The predicted molar refractivity (Wildman–Crippen MR) is 73.8 cm³/mol.